The molecule has 3 aromatic carbocycles. The van der Waals surface area contributed by atoms with Gasteiger partial charge in [-0.3, -0.25) is 19.4 Å². The van der Waals surface area contributed by atoms with Crippen molar-refractivity contribution in [1.82, 2.24) is 14.8 Å². The number of anilines is 1. The number of nitrogens with zero attached hydrogens (tertiary/aromatic N) is 3. The number of benzene rings is 3. The number of likely N-dealkylation sites (N-methyl/N-ethyl adjacent to an activating group) is 1. The van der Waals surface area contributed by atoms with Gasteiger partial charge < -0.3 is 44.2 Å². The number of methoxy groups -OCH3 is 3. The number of ether oxygens (including phenoxy) is 4. The third kappa shape index (κ3) is 7.02. The number of carbonyl (C=O) groups excluding carboxylic acids is 3. The Balaban J connectivity index is 1.35. The van der Waals surface area contributed by atoms with Crippen molar-refractivity contribution < 1.29 is 48.7 Å². The standard InChI is InChI=1S/C54H68N4O10/c1-8-50(63,33-59)29-36-30-53(48(61)66-6,44-38(37-19-13-14-21-41(37)55-44)20-15-24-57(32-36)31-35-17-11-10-12-18-35)40-27-39-42(28-43(40)65-5)56(4)46-52(39)23-26-58-25-16-22-51(9-2,45(52)58)47(68-34(3)60)54(46,64)49(62)67-7/h10-14,16-19,21-22,27-28,36,45-47,55,59,63-64H,8-9,15,20,23-26,29-33H2,1-7H3/t36-,45-,46+,47+,50-,51+,52+,53-,54-/m0/s1. The molecule has 9 atom stereocenters. The molecule has 1 aromatic heterocycles. The third-order valence-electron chi connectivity index (χ3n) is 16.8. The van der Waals surface area contributed by atoms with Crippen molar-refractivity contribution in [2.24, 2.45) is 11.3 Å². The van der Waals surface area contributed by atoms with Crippen molar-refractivity contribution in [3.05, 3.63) is 107 Å². The zero-order valence-electron chi connectivity index (χ0n) is 40.5. The van der Waals surface area contributed by atoms with E-state index in [0.29, 0.717) is 74.6 Å². The number of aliphatic hydroxyl groups excluding tert-OH is 1. The fraction of sp³-hybridized carbons (Fsp3) is 0.537. The number of nitrogens with one attached hydrogen (secondary N) is 1. The molecule has 2 fully saturated rings. The largest absolute Gasteiger partial charge is 0.496 e. The first-order valence-electron chi connectivity index (χ1n) is 24.3. The number of hydrogen-bond acceptors (Lipinski definition) is 13. The van der Waals surface area contributed by atoms with Gasteiger partial charge in [-0.15, -0.1) is 0 Å². The van der Waals surface area contributed by atoms with E-state index in [9.17, 15) is 24.9 Å². The Hall–Kier alpha value is -5.25. The average molecular weight is 933 g/mol. The average Bonchev–Trinajstić information content (AvgIpc) is 4.01. The smallest absolute Gasteiger partial charge is 0.344 e. The van der Waals surface area contributed by atoms with E-state index in [4.69, 9.17) is 18.9 Å². The highest BCUT2D eigenvalue weighted by molar-refractivity contribution is 5.95. The molecule has 0 amide bonds. The van der Waals surface area contributed by atoms with Crippen LogP contribution in [0.3, 0.4) is 0 Å². The normalized spacial score (nSPS) is 30.9. The first-order chi connectivity index (χ1) is 32.7. The maximum atomic E-state index is 15.8. The molecule has 0 bridgehead atoms. The minimum absolute atomic E-state index is 0.159. The van der Waals surface area contributed by atoms with Crippen LogP contribution < -0.4 is 9.64 Å². The van der Waals surface area contributed by atoms with Gasteiger partial charge in [0, 0.05) is 84.4 Å². The lowest BCUT2D eigenvalue weighted by atomic mass is 9.47. The van der Waals surface area contributed by atoms with Crippen LogP contribution in [0.1, 0.15) is 87.2 Å². The number of rotatable bonds is 12. The third-order valence-corrected chi connectivity index (χ3v) is 16.8. The fourth-order valence-electron chi connectivity index (χ4n) is 14.1. The van der Waals surface area contributed by atoms with E-state index in [1.54, 1.807) is 7.11 Å². The molecule has 5 aliphatic rings. The maximum absolute atomic E-state index is 15.8. The molecule has 4 aromatic rings. The second-order valence-electron chi connectivity index (χ2n) is 20.2. The summed E-state index contributed by atoms with van der Waals surface area (Å²) in [7, 11) is 6.08. The van der Waals surface area contributed by atoms with Gasteiger partial charge in [-0.25, -0.2) is 4.79 Å². The number of para-hydroxylation sites is 1. The van der Waals surface area contributed by atoms with Gasteiger partial charge in [-0.05, 0) is 92.8 Å². The molecule has 9 rings (SSSR count). The topological polar surface area (TPSA) is 174 Å². The van der Waals surface area contributed by atoms with Crippen LogP contribution in [-0.4, -0.2) is 139 Å². The molecule has 364 valence electrons. The monoisotopic (exact) mass is 932 g/mol. The summed E-state index contributed by atoms with van der Waals surface area (Å²) in [6.45, 7) is 7.84. The number of aliphatic hydroxyl groups is 3. The Kier molecular flexibility index (Phi) is 12.6. The fourth-order valence-corrected chi connectivity index (χ4v) is 14.1. The lowest BCUT2D eigenvalue weighted by Crippen LogP contribution is -2.81. The summed E-state index contributed by atoms with van der Waals surface area (Å²) in [5.41, 5.74) is -1.68. The minimum atomic E-state index is -2.35. The van der Waals surface area contributed by atoms with Crippen LogP contribution in [0.25, 0.3) is 10.9 Å². The first kappa shape index (κ1) is 47.8. The van der Waals surface area contributed by atoms with Crippen LogP contribution >= 0.6 is 0 Å². The Morgan fingerprint density at radius 1 is 0.941 bits per heavy atom. The van der Waals surface area contributed by atoms with Crippen molar-refractivity contribution in [2.75, 3.05) is 66.1 Å². The second-order valence-corrected chi connectivity index (χ2v) is 20.2. The molecule has 14 heteroatoms. The Morgan fingerprint density at radius 2 is 1.68 bits per heavy atom. The van der Waals surface area contributed by atoms with Crippen LogP contribution in [0.2, 0.25) is 0 Å². The summed E-state index contributed by atoms with van der Waals surface area (Å²) in [4.78, 5) is 54.0. The van der Waals surface area contributed by atoms with Gasteiger partial charge in [0.15, 0.2) is 6.10 Å². The summed E-state index contributed by atoms with van der Waals surface area (Å²) in [5.74, 6) is -2.04. The molecule has 4 N–H and O–H groups in total. The van der Waals surface area contributed by atoms with Crippen LogP contribution in [0.5, 0.6) is 5.75 Å². The van der Waals surface area contributed by atoms with Crippen LogP contribution in [0, 0.1) is 11.3 Å². The molecule has 0 radical (unpaired) electrons. The summed E-state index contributed by atoms with van der Waals surface area (Å²) in [5, 5.41) is 37.4. The molecule has 1 saturated carbocycles. The predicted molar refractivity (Wildman–Crippen MR) is 257 cm³/mol. The van der Waals surface area contributed by atoms with Gasteiger partial charge in [-0.2, -0.15) is 0 Å². The number of aromatic amines is 1. The van der Waals surface area contributed by atoms with Gasteiger partial charge >= 0.3 is 17.9 Å². The highest BCUT2D eigenvalue weighted by atomic mass is 16.6. The van der Waals surface area contributed by atoms with Crippen molar-refractivity contribution >= 4 is 34.5 Å². The summed E-state index contributed by atoms with van der Waals surface area (Å²) >= 11 is 0. The van der Waals surface area contributed by atoms with E-state index >= 15 is 4.79 Å². The predicted octanol–water partition coefficient (Wildman–Crippen LogP) is 5.56. The summed E-state index contributed by atoms with van der Waals surface area (Å²) in [6.07, 6.45) is 5.77. The number of H-pyrrole nitrogens is 1. The number of hydrogen-bond donors (Lipinski definition) is 4. The van der Waals surface area contributed by atoms with E-state index in [0.717, 1.165) is 40.6 Å². The molecular formula is C54H68N4O10. The van der Waals surface area contributed by atoms with Gasteiger partial charge in [0.2, 0.25) is 5.60 Å². The lowest BCUT2D eigenvalue weighted by molar-refractivity contribution is -0.228. The first-order valence-corrected chi connectivity index (χ1v) is 24.3. The van der Waals surface area contributed by atoms with Gasteiger partial charge in [0.25, 0.3) is 0 Å². The molecule has 68 heavy (non-hydrogen) atoms. The van der Waals surface area contributed by atoms with Crippen molar-refractivity contribution in [1.29, 1.82) is 0 Å². The highest BCUT2D eigenvalue weighted by Crippen LogP contribution is 2.68. The number of esters is 3. The quantitative estimate of drug-likeness (QED) is 0.0791. The number of aromatic nitrogens is 1. The molecule has 1 aliphatic carbocycles. The van der Waals surface area contributed by atoms with E-state index in [-0.39, 0.29) is 24.8 Å². The van der Waals surface area contributed by atoms with Gasteiger partial charge in [0.1, 0.15) is 11.2 Å². The Morgan fingerprint density at radius 3 is 2.35 bits per heavy atom. The zero-order chi connectivity index (χ0) is 48.4. The van der Waals surface area contributed by atoms with Crippen molar-refractivity contribution in [2.45, 2.75) is 112 Å². The molecule has 1 spiro atoms. The Labute approximate surface area is 399 Å². The molecular weight excluding hydrogens is 865 g/mol. The second kappa shape index (κ2) is 17.9. The molecule has 0 unspecified atom stereocenters. The van der Waals surface area contributed by atoms with Crippen LogP contribution in [0.4, 0.5) is 5.69 Å². The highest BCUT2D eigenvalue weighted by Gasteiger charge is 2.80. The van der Waals surface area contributed by atoms with Gasteiger partial charge in [0.05, 0.1) is 39.6 Å². The van der Waals surface area contributed by atoms with E-state index < -0.39 is 64.1 Å². The Bertz CT molecular complexity index is 2590. The van der Waals surface area contributed by atoms with Crippen LogP contribution in [-0.2, 0) is 52.4 Å². The molecule has 14 nitrogen and oxygen atoms in total. The minimum Gasteiger partial charge on any atom is -0.496 e. The molecule has 1 saturated heterocycles. The van der Waals surface area contributed by atoms with E-state index in [2.05, 4.69) is 39.0 Å². The zero-order valence-corrected chi connectivity index (χ0v) is 40.5. The summed E-state index contributed by atoms with van der Waals surface area (Å²) < 4.78 is 24.2. The SMILES string of the molecule is CC[C@@](O)(CO)C[C@@H]1CN(Cc2ccccc2)CCCc2c([nH]c3ccccc23)[C@@](C(=O)OC)(c2cc3c(cc2OC)N(C)[C@H]2[C@@](O)(C(=O)OC)[C@H](OC(C)=O)[C@]4(CC)C=CCN5CC[C@]32[C@@H]54)C1. The number of fused-ring (bicyclic) bond motifs is 4. The van der Waals surface area contributed by atoms with E-state index in [1.807, 2.05) is 80.4 Å². The van der Waals surface area contributed by atoms with Crippen LogP contribution in [0.15, 0.2) is 78.9 Å². The number of carbonyl (C=O) groups is 3. The lowest BCUT2D eigenvalue weighted by Gasteiger charge is -2.63. The van der Waals surface area contributed by atoms with Crippen molar-refractivity contribution in [3.63, 3.8) is 0 Å². The van der Waals surface area contributed by atoms with Crippen molar-refractivity contribution in [3.8, 4) is 5.75 Å². The van der Waals surface area contributed by atoms with E-state index in [1.165, 1.54) is 21.1 Å². The molecule has 5 heterocycles. The summed E-state index contributed by atoms with van der Waals surface area (Å²) in [6, 6.07) is 21.0. The van der Waals surface area contributed by atoms with Gasteiger partial charge in [-0.1, -0.05) is 74.5 Å². The number of aryl methyl sites for hydroxylation is 1. The maximum Gasteiger partial charge on any atom is 0.344 e. The molecule has 4 aliphatic heterocycles.